The molecule has 3 rings (SSSR count). The van der Waals surface area contributed by atoms with Crippen LogP contribution in [0.3, 0.4) is 0 Å². The molecule has 1 aromatic heterocycles. The highest BCUT2D eigenvalue weighted by Gasteiger charge is 2.43. The van der Waals surface area contributed by atoms with Gasteiger partial charge in [-0.1, -0.05) is 37.3 Å². The summed E-state index contributed by atoms with van der Waals surface area (Å²) in [5.74, 6) is 1.86. The number of hydrogen-bond acceptors (Lipinski definition) is 3. The molecule has 1 fully saturated rings. The number of nitrogens with zero attached hydrogens (tertiary/aromatic N) is 4. The van der Waals surface area contributed by atoms with Gasteiger partial charge >= 0.3 is 0 Å². The summed E-state index contributed by atoms with van der Waals surface area (Å²) in [6.45, 7) is 4.64. The van der Waals surface area contributed by atoms with Gasteiger partial charge in [0.15, 0.2) is 5.96 Å². The number of hydrogen-bond donors (Lipinski definition) is 2. The van der Waals surface area contributed by atoms with Crippen LogP contribution < -0.4 is 10.6 Å². The van der Waals surface area contributed by atoms with E-state index in [1.807, 2.05) is 7.05 Å². The van der Waals surface area contributed by atoms with Gasteiger partial charge in [0.05, 0.1) is 0 Å². The molecule has 128 valence electrons. The van der Waals surface area contributed by atoms with Crippen LogP contribution in [-0.2, 0) is 18.4 Å². The quantitative estimate of drug-likeness (QED) is 0.601. The second kappa shape index (κ2) is 7.47. The average molecular weight is 326 g/mol. The molecule has 1 heterocycles. The zero-order valence-corrected chi connectivity index (χ0v) is 14.5. The van der Waals surface area contributed by atoms with Gasteiger partial charge in [-0.2, -0.15) is 0 Å². The van der Waals surface area contributed by atoms with Crippen LogP contribution in [-0.4, -0.2) is 40.9 Å². The van der Waals surface area contributed by atoms with E-state index >= 15 is 0 Å². The summed E-state index contributed by atoms with van der Waals surface area (Å²) in [5.41, 5.74) is 1.70. The predicted octanol–water partition coefficient (Wildman–Crippen LogP) is 1.74. The molecule has 1 aliphatic carbocycles. The Morgan fingerprint density at radius 3 is 2.71 bits per heavy atom. The number of rotatable bonds is 7. The SMILES string of the molecule is CCc1nncn1CCNC(=NC)NCC1(c2ccccc2)CC1. The molecule has 0 atom stereocenters. The molecule has 6 nitrogen and oxygen atoms in total. The molecule has 0 spiro atoms. The summed E-state index contributed by atoms with van der Waals surface area (Å²) in [7, 11) is 1.81. The number of guanidine groups is 1. The fourth-order valence-electron chi connectivity index (χ4n) is 3.02. The van der Waals surface area contributed by atoms with Crippen molar-refractivity contribution in [2.75, 3.05) is 20.1 Å². The smallest absolute Gasteiger partial charge is 0.191 e. The first-order valence-corrected chi connectivity index (χ1v) is 8.64. The maximum atomic E-state index is 4.33. The van der Waals surface area contributed by atoms with E-state index in [-0.39, 0.29) is 5.41 Å². The number of aromatic nitrogens is 3. The van der Waals surface area contributed by atoms with E-state index in [1.54, 1.807) is 6.33 Å². The van der Waals surface area contributed by atoms with E-state index in [0.29, 0.717) is 0 Å². The first-order chi connectivity index (χ1) is 11.8. The van der Waals surface area contributed by atoms with Gasteiger partial charge in [0.2, 0.25) is 0 Å². The van der Waals surface area contributed by atoms with E-state index in [1.165, 1.54) is 18.4 Å². The highest BCUT2D eigenvalue weighted by atomic mass is 15.3. The Labute approximate surface area is 143 Å². The Morgan fingerprint density at radius 1 is 1.25 bits per heavy atom. The van der Waals surface area contributed by atoms with Crippen LogP contribution in [0.4, 0.5) is 0 Å². The Bertz CT molecular complexity index is 672. The molecule has 2 aromatic rings. The first kappa shape index (κ1) is 16.5. The Balaban J connectivity index is 1.48. The maximum absolute atomic E-state index is 4.33. The van der Waals surface area contributed by atoms with Crippen LogP contribution in [0.2, 0.25) is 0 Å². The van der Waals surface area contributed by atoms with Crippen molar-refractivity contribution < 1.29 is 0 Å². The summed E-state index contributed by atoms with van der Waals surface area (Å²) >= 11 is 0. The molecule has 1 aromatic carbocycles. The van der Waals surface area contributed by atoms with Crippen molar-refractivity contribution in [1.82, 2.24) is 25.4 Å². The highest BCUT2D eigenvalue weighted by molar-refractivity contribution is 5.79. The lowest BCUT2D eigenvalue weighted by Crippen LogP contribution is -2.42. The molecule has 0 amide bonds. The van der Waals surface area contributed by atoms with Gasteiger partial charge in [-0.3, -0.25) is 4.99 Å². The standard InChI is InChI=1S/C18H26N6/c1-3-16-23-22-14-24(16)12-11-20-17(19-2)21-13-18(9-10-18)15-7-5-4-6-8-15/h4-8,14H,3,9-13H2,1-2H3,(H2,19,20,21). The van der Waals surface area contributed by atoms with E-state index in [9.17, 15) is 0 Å². The van der Waals surface area contributed by atoms with Gasteiger partial charge in [0, 0.05) is 38.5 Å². The van der Waals surface area contributed by atoms with Gasteiger partial charge < -0.3 is 15.2 Å². The third-order valence-corrected chi connectivity index (χ3v) is 4.71. The fourth-order valence-corrected chi connectivity index (χ4v) is 3.02. The molecule has 0 aliphatic heterocycles. The molecule has 6 heteroatoms. The summed E-state index contributed by atoms with van der Waals surface area (Å²) in [6.07, 6.45) is 5.15. The van der Waals surface area contributed by atoms with Gasteiger partial charge in [-0.05, 0) is 18.4 Å². The van der Waals surface area contributed by atoms with E-state index < -0.39 is 0 Å². The van der Waals surface area contributed by atoms with Crippen LogP contribution in [0.5, 0.6) is 0 Å². The normalized spacial score (nSPS) is 16.0. The molecular formula is C18H26N6. The van der Waals surface area contributed by atoms with Crippen molar-refractivity contribution in [3.8, 4) is 0 Å². The maximum Gasteiger partial charge on any atom is 0.191 e. The lowest BCUT2D eigenvalue weighted by molar-refractivity contribution is 0.615. The first-order valence-electron chi connectivity index (χ1n) is 8.64. The summed E-state index contributed by atoms with van der Waals surface area (Å²) < 4.78 is 2.08. The topological polar surface area (TPSA) is 67.1 Å². The number of aliphatic imine (C=N–C) groups is 1. The third kappa shape index (κ3) is 3.75. The zero-order valence-electron chi connectivity index (χ0n) is 14.5. The molecule has 2 N–H and O–H groups in total. The molecule has 0 radical (unpaired) electrons. The van der Waals surface area contributed by atoms with E-state index in [2.05, 4.69) is 67.6 Å². The molecule has 1 saturated carbocycles. The molecule has 0 saturated heterocycles. The second-order valence-corrected chi connectivity index (χ2v) is 6.29. The number of aryl methyl sites for hydroxylation is 1. The largest absolute Gasteiger partial charge is 0.356 e. The monoisotopic (exact) mass is 326 g/mol. The number of nitrogens with one attached hydrogen (secondary N) is 2. The Morgan fingerprint density at radius 2 is 2.04 bits per heavy atom. The molecule has 24 heavy (non-hydrogen) atoms. The molecule has 0 unspecified atom stereocenters. The summed E-state index contributed by atoms with van der Waals surface area (Å²) in [6, 6.07) is 10.8. The number of benzene rings is 1. The van der Waals surface area contributed by atoms with Crippen LogP contribution >= 0.6 is 0 Å². The Kier molecular flexibility index (Phi) is 5.13. The van der Waals surface area contributed by atoms with Gasteiger partial charge in [0.1, 0.15) is 12.2 Å². The van der Waals surface area contributed by atoms with Crippen molar-refractivity contribution in [3.63, 3.8) is 0 Å². The lowest BCUT2D eigenvalue weighted by Gasteiger charge is -2.19. The van der Waals surface area contributed by atoms with Crippen LogP contribution in [0.15, 0.2) is 41.7 Å². The predicted molar refractivity (Wildman–Crippen MR) is 96.1 cm³/mol. The summed E-state index contributed by atoms with van der Waals surface area (Å²) in [5, 5.41) is 14.9. The summed E-state index contributed by atoms with van der Waals surface area (Å²) in [4.78, 5) is 4.33. The van der Waals surface area contributed by atoms with Crippen LogP contribution in [0.25, 0.3) is 0 Å². The molecule has 0 bridgehead atoms. The third-order valence-electron chi connectivity index (χ3n) is 4.71. The minimum absolute atomic E-state index is 0.280. The van der Waals surface area contributed by atoms with Crippen molar-refractivity contribution >= 4 is 5.96 Å². The van der Waals surface area contributed by atoms with Crippen molar-refractivity contribution in [3.05, 3.63) is 48.0 Å². The highest BCUT2D eigenvalue weighted by Crippen LogP contribution is 2.47. The van der Waals surface area contributed by atoms with Gasteiger partial charge in [0.25, 0.3) is 0 Å². The fraction of sp³-hybridized carbons (Fsp3) is 0.500. The van der Waals surface area contributed by atoms with E-state index in [4.69, 9.17) is 0 Å². The minimum atomic E-state index is 0.280. The van der Waals surface area contributed by atoms with E-state index in [0.717, 1.165) is 37.8 Å². The molecule has 1 aliphatic rings. The van der Waals surface area contributed by atoms with Crippen molar-refractivity contribution in [2.45, 2.75) is 38.1 Å². The zero-order chi connectivity index (χ0) is 16.8. The van der Waals surface area contributed by atoms with Crippen molar-refractivity contribution in [2.24, 2.45) is 4.99 Å². The average Bonchev–Trinajstić information content (AvgIpc) is 3.29. The van der Waals surface area contributed by atoms with Crippen LogP contribution in [0.1, 0.15) is 31.2 Å². The Hall–Kier alpha value is -2.37. The van der Waals surface area contributed by atoms with Crippen molar-refractivity contribution in [1.29, 1.82) is 0 Å². The lowest BCUT2D eigenvalue weighted by atomic mass is 9.96. The van der Waals surface area contributed by atoms with Gasteiger partial charge in [-0.15, -0.1) is 10.2 Å². The molecular weight excluding hydrogens is 300 g/mol. The second-order valence-electron chi connectivity index (χ2n) is 6.29. The minimum Gasteiger partial charge on any atom is -0.356 e. The van der Waals surface area contributed by atoms with Gasteiger partial charge in [-0.25, -0.2) is 0 Å². The van der Waals surface area contributed by atoms with Crippen LogP contribution in [0, 0.1) is 0 Å².